The summed E-state index contributed by atoms with van der Waals surface area (Å²) in [5, 5.41) is 10.8. The van der Waals surface area contributed by atoms with Gasteiger partial charge in [0.05, 0.1) is 18.3 Å². The van der Waals surface area contributed by atoms with Gasteiger partial charge in [0, 0.05) is 23.2 Å². The standard InChI is InChI=1S/C16H21IO3/c1-11-3-2-4-13(14(11)17)15(18)12-5-7-20-16(9-12)6-8-19-10-16/h2-4,12,15,18H,5-10H2,1H3. The van der Waals surface area contributed by atoms with Crippen LogP contribution in [0.15, 0.2) is 18.2 Å². The highest BCUT2D eigenvalue weighted by Crippen LogP contribution is 2.41. The predicted octanol–water partition coefficient (Wildman–Crippen LogP) is 3.22. The van der Waals surface area contributed by atoms with Crippen molar-refractivity contribution in [2.75, 3.05) is 19.8 Å². The van der Waals surface area contributed by atoms with Gasteiger partial charge in [0.25, 0.3) is 0 Å². The Bertz CT molecular complexity index is 483. The maximum absolute atomic E-state index is 10.8. The van der Waals surface area contributed by atoms with Crippen LogP contribution in [0.3, 0.4) is 0 Å². The van der Waals surface area contributed by atoms with Crippen molar-refractivity contribution >= 4 is 22.6 Å². The van der Waals surface area contributed by atoms with Crippen molar-refractivity contribution in [2.24, 2.45) is 5.92 Å². The lowest BCUT2D eigenvalue weighted by Gasteiger charge is -2.39. The molecule has 0 bridgehead atoms. The summed E-state index contributed by atoms with van der Waals surface area (Å²) in [5.41, 5.74) is 2.15. The summed E-state index contributed by atoms with van der Waals surface area (Å²) >= 11 is 2.34. The van der Waals surface area contributed by atoms with Gasteiger partial charge in [-0.05, 0) is 59.4 Å². The molecule has 3 nitrogen and oxygen atoms in total. The summed E-state index contributed by atoms with van der Waals surface area (Å²) < 4.78 is 12.6. The third-order valence-electron chi connectivity index (χ3n) is 4.59. The summed E-state index contributed by atoms with van der Waals surface area (Å²) in [6.45, 7) is 4.29. The van der Waals surface area contributed by atoms with Crippen LogP contribution in [0.4, 0.5) is 0 Å². The second-order valence-corrected chi connectivity index (χ2v) is 7.09. The van der Waals surface area contributed by atoms with Crippen LogP contribution in [-0.2, 0) is 9.47 Å². The van der Waals surface area contributed by atoms with Crippen molar-refractivity contribution in [3.63, 3.8) is 0 Å². The zero-order valence-electron chi connectivity index (χ0n) is 11.8. The maximum atomic E-state index is 10.8. The monoisotopic (exact) mass is 388 g/mol. The molecule has 3 unspecified atom stereocenters. The van der Waals surface area contributed by atoms with Crippen LogP contribution in [0.5, 0.6) is 0 Å². The Morgan fingerprint density at radius 2 is 2.25 bits per heavy atom. The number of aliphatic hydroxyl groups excluding tert-OH is 1. The number of aryl methyl sites for hydroxylation is 1. The van der Waals surface area contributed by atoms with Crippen molar-refractivity contribution < 1.29 is 14.6 Å². The molecule has 2 aliphatic heterocycles. The van der Waals surface area contributed by atoms with E-state index in [1.165, 1.54) is 9.13 Å². The number of hydrogen-bond acceptors (Lipinski definition) is 3. The van der Waals surface area contributed by atoms with Gasteiger partial charge in [-0.2, -0.15) is 0 Å². The van der Waals surface area contributed by atoms with Crippen LogP contribution in [0.2, 0.25) is 0 Å². The lowest BCUT2D eigenvalue weighted by atomic mass is 9.80. The second-order valence-electron chi connectivity index (χ2n) is 6.01. The maximum Gasteiger partial charge on any atom is 0.0940 e. The quantitative estimate of drug-likeness (QED) is 0.791. The third kappa shape index (κ3) is 2.75. The van der Waals surface area contributed by atoms with Gasteiger partial charge in [-0.3, -0.25) is 0 Å². The van der Waals surface area contributed by atoms with Gasteiger partial charge in [0.2, 0.25) is 0 Å². The van der Waals surface area contributed by atoms with Crippen LogP contribution in [0.1, 0.15) is 36.5 Å². The largest absolute Gasteiger partial charge is 0.388 e. The van der Waals surface area contributed by atoms with Crippen molar-refractivity contribution in [3.05, 3.63) is 32.9 Å². The summed E-state index contributed by atoms with van der Waals surface area (Å²) in [4.78, 5) is 0. The van der Waals surface area contributed by atoms with E-state index in [1.54, 1.807) is 0 Å². The highest BCUT2D eigenvalue weighted by Gasteiger charge is 2.43. The van der Waals surface area contributed by atoms with Crippen molar-refractivity contribution in [1.82, 2.24) is 0 Å². The first-order valence-electron chi connectivity index (χ1n) is 7.26. The van der Waals surface area contributed by atoms with Gasteiger partial charge in [-0.1, -0.05) is 18.2 Å². The Balaban J connectivity index is 1.79. The molecule has 0 saturated carbocycles. The summed E-state index contributed by atoms with van der Waals surface area (Å²) in [7, 11) is 0. The Kier molecular flexibility index (Phi) is 4.36. The lowest BCUT2D eigenvalue weighted by molar-refractivity contribution is -0.117. The Labute approximate surface area is 133 Å². The van der Waals surface area contributed by atoms with Crippen molar-refractivity contribution in [3.8, 4) is 0 Å². The number of benzene rings is 1. The zero-order chi connectivity index (χ0) is 14.2. The minimum atomic E-state index is -0.400. The van der Waals surface area contributed by atoms with E-state index < -0.39 is 6.10 Å². The fraction of sp³-hybridized carbons (Fsp3) is 0.625. The molecule has 20 heavy (non-hydrogen) atoms. The number of hydrogen-bond donors (Lipinski definition) is 1. The highest BCUT2D eigenvalue weighted by atomic mass is 127. The van der Waals surface area contributed by atoms with Gasteiger partial charge in [0.1, 0.15) is 0 Å². The Morgan fingerprint density at radius 1 is 1.40 bits per heavy atom. The summed E-state index contributed by atoms with van der Waals surface area (Å²) in [5.74, 6) is 0.265. The lowest BCUT2D eigenvalue weighted by Crippen LogP contribution is -2.42. The smallest absolute Gasteiger partial charge is 0.0940 e. The summed E-state index contributed by atoms with van der Waals surface area (Å²) in [6, 6.07) is 6.17. The Hall–Kier alpha value is -0.170. The predicted molar refractivity (Wildman–Crippen MR) is 85.7 cm³/mol. The molecular weight excluding hydrogens is 367 g/mol. The molecule has 2 aliphatic rings. The van der Waals surface area contributed by atoms with Crippen LogP contribution >= 0.6 is 22.6 Å². The molecule has 2 saturated heterocycles. The molecule has 2 heterocycles. The van der Waals surface area contributed by atoms with Crippen LogP contribution < -0.4 is 0 Å². The first-order chi connectivity index (χ1) is 9.61. The molecule has 0 aromatic heterocycles. The normalized spacial score (nSPS) is 31.6. The molecule has 3 rings (SSSR count). The molecule has 110 valence electrons. The highest BCUT2D eigenvalue weighted by molar-refractivity contribution is 14.1. The molecule has 1 N–H and O–H groups in total. The number of ether oxygens (including phenoxy) is 2. The van der Waals surface area contributed by atoms with Gasteiger partial charge < -0.3 is 14.6 Å². The van der Waals surface area contributed by atoms with Gasteiger partial charge in [-0.25, -0.2) is 0 Å². The Morgan fingerprint density at radius 3 is 3.00 bits per heavy atom. The molecule has 2 fully saturated rings. The molecule has 0 amide bonds. The molecule has 1 spiro atoms. The fourth-order valence-corrected chi connectivity index (χ4v) is 4.03. The van der Waals surface area contributed by atoms with Crippen LogP contribution in [0, 0.1) is 16.4 Å². The molecule has 1 aromatic rings. The van der Waals surface area contributed by atoms with Gasteiger partial charge in [-0.15, -0.1) is 0 Å². The molecular formula is C16H21IO3. The molecule has 1 aromatic carbocycles. The van der Waals surface area contributed by atoms with E-state index in [-0.39, 0.29) is 11.5 Å². The van der Waals surface area contributed by atoms with Crippen LogP contribution in [-0.4, -0.2) is 30.5 Å². The van der Waals surface area contributed by atoms with Crippen molar-refractivity contribution in [1.29, 1.82) is 0 Å². The van der Waals surface area contributed by atoms with E-state index in [0.29, 0.717) is 6.61 Å². The van der Waals surface area contributed by atoms with Gasteiger partial charge >= 0.3 is 0 Å². The molecule has 4 heteroatoms. The zero-order valence-corrected chi connectivity index (χ0v) is 13.9. The number of rotatable bonds is 2. The van der Waals surface area contributed by atoms with Gasteiger partial charge in [0.15, 0.2) is 0 Å². The minimum Gasteiger partial charge on any atom is -0.388 e. The van der Waals surface area contributed by atoms with Crippen molar-refractivity contribution in [2.45, 2.75) is 37.9 Å². The minimum absolute atomic E-state index is 0.140. The fourth-order valence-electron chi connectivity index (χ4n) is 3.35. The molecule has 3 atom stereocenters. The van der Waals surface area contributed by atoms with E-state index >= 15 is 0 Å². The molecule has 0 radical (unpaired) electrons. The van der Waals surface area contributed by atoms with E-state index in [9.17, 15) is 5.11 Å². The average molecular weight is 388 g/mol. The molecule has 0 aliphatic carbocycles. The van der Waals surface area contributed by atoms with E-state index in [4.69, 9.17) is 9.47 Å². The average Bonchev–Trinajstić information content (AvgIpc) is 2.89. The number of aliphatic hydroxyl groups is 1. The van der Waals surface area contributed by atoms with E-state index in [0.717, 1.165) is 38.0 Å². The first kappa shape index (κ1) is 14.8. The topological polar surface area (TPSA) is 38.7 Å². The van der Waals surface area contributed by atoms with E-state index in [2.05, 4.69) is 35.6 Å². The third-order valence-corrected chi connectivity index (χ3v) is 6.06. The number of halogens is 1. The van der Waals surface area contributed by atoms with Crippen LogP contribution in [0.25, 0.3) is 0 Å². The van der Waals surface area contributed by atoms with E-state index in [1.807, 2.05) is 12.1 Å². The second kappa shape index (κ2) is 5.91. The first-order valence-corrected chi connectivity index (χ1v) is 8.34. The SMILES string of the molecule is Cc1cccc(C(O)C2CCOC3(CCOC3)C2)c1I. The summed E-state index contributed by atoms with van der Waals surface area (Å²) in [6.07, 6.45) is 2.38.